The van der Waals surface area contributed by atoms with E-state index in [2.05, 4.69) is 25.1 Å². The van der Waals surface area contributed by atoms with Crippen LogP contribution in [0.5, 0.6) is 0 Å². The second-order valence-electron chi connectivity index (χ2n) is 4.29. The predicted octanol–water partition coefficient (Wildman–Crippen LogP) is 1.26. The standard InChI is InChI=1S/C6H15O.6FH2O3P/c1-4-7(5-2)6-3;6*1-5(2,3)4/h4-6H2,1-3H3;6*(H2,2,3,4)/q+1;;;;;;/p-1. The fourth-order valence-corrected chi connectivity index (χ4v) is 0.612. The van der Waals surface area contributed by atoms with E-state index in [9.17, 15) is 25.2 Å². The van der Waals surface area contributed by atoms with Gasteiger partial charge in [-0.25, -0.2) is 22.8 Å². The van der Waals surface area contributed by atoms with E-state index >= 15 is 0 Å². The van der Waals surface area contributed by atoms with Gasteiger partial charge in [0.15, 0.2) is 0 Å². The topological polar surface area (TPSA) is 351 Å². The van der Waals surface area contributed by atoms with Gasteiger partial charge in [-0.1, -0.05) is 0 Å². The van der Waals surface area contributed by atoms with Gasteiger partial charge < -0.3 is 14.2 Å². The molecule has 0 aliphatic carbocycles. The summed E-state index contributed by atoms with van der Waals surface area (Å²) in [6, 6.07) is 0. The maximum absolute atomic E-state index is 10.4. The summed E-state index contributed by atoms with van der Waals surface area (Å²) in [6.07, 6.45) is 0. The van der Waals surface area contributed by atoms with Crippen LogP contribution in [0.2, 0.25) is 0 Å². The first-order valence-electron chi connectivity index (χ1n) is 7.48. The summed E-state index contributed by atoms with van der Waals surface area (Å²) in [5.74, 6) is 0. The molecule has 0 bridgehead atoms. The van der Waals surface area contributed by atoms with Crippen molar-refractivity contribution >= 4 is 47.4 Å². The molecule has 11 N–H and O–H groups in total. The second-order valence-corrected chi connectivity index (χ2v) is 9.93. The van der Waals surface area contributed by atoms with Gasteiger partial charge in [-0.3, -0.25) is 53.5 Å². The molecular formula is C6H26F6O19P6. The van der Waals surface area contributed by atoms with E-state index in [1.807, 2.05) is 0 Å². The Morgan fingerprint density at radius 1 is 0.459 bits per heavy atom. The summed E-state index contributed by atoms with van der Waals surface area (Å²) in [4.78, 5) is 85.1. The van der Waals surface area contributed by atoms with E-state index in [0.717, 1.165) is 19.8 Å². The Labute approximate surface area is 204 Å². The fourth-order valence-electron chi connectivity index (χ4n) is 0.612. The van der Waals surface area contributed by atoms with Crippen LogP contribution in [-0.4, -0.2) is 73.6 Å². The van der Waals surface area contributed by atoms with Crippen molar-refractivity contribution < 1.29 is 116 Å². The van der Waals surface area contributed by atoms with Gasteiger partial charge in [0.05, 0.1) is 0 Å². The van der Waals surface area contributed by atoms with Crippen molar-refractivity contribution in [3.05, 3.63) is 0 Å². The highest BCUT2D eigenvalue weighted by Gasteiger charge is 2.06. The minimum atomic E-state index is -5.39. The Bertz CT molecular complexity index is 577. The molecule has 0 aliphatic rings. The number of hydrogen-bond acceptors (Lipinski definition) is 7. The molecule has 0 aliphatic heterocycles. The summed E-state index contributed by atoms with van der Waals surface area (Å²) in [5.41, 5.74) is 0. The highest BCUT2D eigenvalue weighted by Crippen LogP contribution is 2.36. The molecule has 37 heavy (non-hydrogen) atoms. The van der Waals surface area contributed by atoms with Crippen molar-refractivity contribution in [1.82, 2.24) is 0 Å². The maximum atomic E-state index is 10.4. The third-order valence-electron chi connectivity index (χ3n) is 1.22. The minimum Gasteiger partial charge on any atom is -0.753 e. The van der Waals surface area contributed by atoms with Gasteiger partial charge in [0.1, 0.15) is 19.8 Å². The number of hydrogen-bond donors (Lipinski definition) is 11. The van der Waals surface area contributed by atoms with E-state index in [4.69, 9.17) is 86.1 Å². The van der Waals surface area contributed by atoms with Crippen LogP contribution in [0.15, 0.2) is 0 Å². The molecule has 236 valence electrons. The summed E-state index contributed by atoms with van der Waals surface area (Å²) in [7, 11) is -31.1. The third kappa shape index (κ3) is 1040. The van der Waals surface area contributed by atoms with Crippen LogP contribution >= 0.6 is 47.4 Å². The van der Waals surface area contributed by atoms with Crippen LogP contribution < -0.4 is 4.89 Å². The summed E-state index contributed by atoms with van der Waals surface area (Å²) >= 11 is 0. The molecule has 1 unspecified atom stereocenters. The molecular weight excluding hydrogens is 676 g/mol. The first kappa shape index (κ1) is 53.7. The van der Waals surface area contributed by atoms with E-state index in [1.165, 1.54) is 0 Å². The molecule has 31 heteroatoms. The second kappa shape index (κ2) is 25.4. The first-order valence-corrected chi connectivity index (χ1v) is 16.5. The molecule has 0 saturated carbocycles. The molecule has 0 radical (unpaired) electrons. The van der Waals surface area contributed by atoms with Gasteiger partial charge in [0, 0.05) is 20.8 Å². The minimum absolute atomic E-state index is 1.10. The Hall–Kier alpha value is 0.440. The van der Waals surface area contributed by atoms with Gasteiger partial charge >= 0.3 is 47.4 Å². The van der Waals surface area contributed by atoms with Gasteiger partial charge in [-0.05, 0) is 0 Å². The molecule has 19 nitrogen and oxygen atoms in total. The smallest absolute Gasteiger partial charge is 0.507 e. The van der Waals surface area contributed by atoms with Crippen LogP contribution in [0, 0.1) is 0 Å². The van der Waals surface area contributed by atoms with Gasteiger partial charge in [-0.15, -0.1) is 21.0 Å². The van der Waals surface area contributed by atoms with E-state index in [-0.39, 0.29) is 0 Å². The number of halogens is 6. The largest absolute Gasteiger partial charge is 0.753 e. The lowest BCUT2D eigenvalue weighted by molar-refractivity contribution is -0.206. The molecule has 0 saturated heterocycles. The highest BCUT2D eigenvalue weighted by molar-refractivity contribution is 7.46. The van der Waals surface area contributed by atoms with Crippen molar-refractivity contribution in [2.75, 3.05) is 19.8 Å². The van der Waals surface area contributed by atoms with Crippen molar-refractivity contribution in [2.24, 2.45) is 0 Å². The quantitative estimate of drug-likeness (QED) is 0.112. The molecule has 0 spiro atoms. The molecule has 0 rings (SSSR count). The molecule has 0 amide bonds. The zero-order valence-corrected chi connectivity index (χ0v) is 23.6. The van der Waals surface area contributed by atoms with Crippen molar-refractivity contribution in [3.8, 4) is 0 Å². The van der Waals surface area contributed by atoms with Crippen molar-refractivity contribution in [2.45, 2.75) is 20.8 Å². The molecule has 0 aromatic carbocycles. The van der Waals surface area contributed by atoms with Crippen LogP contribution in [0.25, 0.3) is 0 Å². The van der Waals surface area contributed by atoms with Crippen molar-refractivity contribution in [1.29, 1.82) is 0 Å². The Kier molecular flexibility index (Phi) is 36.8. The third-order valence-corrected chi connectivity index (χ3v) is 1.22. The lowest BCUT2D eigenvalue weighted by atomic mass is 10.7. The van der Waals surface area contributed by atoms with Gasteiger partial charge in [0.2, 0.25) is 0 Å². The van der Waals surface area contributed by atoms with Crippen LogP contribution in [0.4, 0.5) is 25.2 Å². The lowest BCUT2D eigenvalue weighted by Gasteiger charge is -2.11. The predicted molar refractivity (Wildman–Crippen MR) is 109 cm³/mol. The van der Waals surface area contributed by atoms with Crippen LogP contribution in [0.1, 0.15) is 20.8 Å². The molecule has 0 heterocycles. The summed E-state index contributed by atoms with van der Waals surface area (Å²) < 4.78 is 117. The normalized spacial score (nSPS) is 12.8. The average Bonchev–Trinajstić information content (AvgIpc) is 2.37. The molecule has 1 atom stereocenters. The Morgan fingerprint density at radius 3 is 0.514 bits per heavy atom. The fraction of sp³-hybridized carbons (Fsp3) is 1.00. The number of rotatable bonds is 3. The van der Waals surface area contributed by atoms with Crippen LogP contribution in [-0.2, 0) is 31.8 Å². The van der Waals surface area contributed by atoms with Gasteiger partial charge in [-0.2, -0.15) is 4.20 Å². The summed E-state index contributed by atoms with van der Waals surface area (Å²) in [5, 5.41) is 0. The Balaban J connectivity index is -0.0000000570. The van der Waals surface area contributed by atoms with Crippen molar-refractivity contribution in [3.63, 3.8) is 0 Å². The molecule has 0 fully saturated rings. The molecule has 0 aromatic rings. The van der Waals surface area contributed by atoms with E-state index in [0.29, 0.717) is 0 Å². The van der Waals surface area contributed by atoms with Gasteiger partial charge in [0.25, 0.3) is 0 Å². The Morgan fingerprint density at radius 2 is 0.514 bits per heavy atom. The highest BCUT2D eigenvalue weighted by atomic mass is 31.2. The summed E-state index contributed by atoms with van der Waals surface area (Å²) in [6.45, 7) is 9.76. The monoisotopic (exact) mass is 702 g/mol. The lowest BCUT2D eigenvalue weighted by Crippen LogP contribution is -2.11. The zero-order valence-electron chi connectivity index (χ0n) is 18.3. The van der Waals surface area contributed by atoms with E-state index < -0.39 is 47.4 Å². The van der Waals surface area contributed by atoms with Crippen LogP contribution in [0.3, 0.4) is 0 Å². The molecule has 0 aromatic heterocycles. The SMILES string of the molecule is CC[O+](CC)CC.O=P(O)(O)F.O=P(O)(O)F.O=P(O)(O)F.O=P(O)(O)F.O=P(O)(O)F.O=P([O-])(O)F. The van der Waals surface area contributed by atoms with E-state index in [1.54, 1.807) is 0 Å². The zero-order chi connectivity index (χ0) is 32.7. The maximum Gasteiger partial charge on any atom is 0.507 e. The first-order chi connectivity index (χ1) is 15.3. The average molecular weight is 702 g/mol.